The van der Waals surface area contributed by atoms with E-state index in [1.54, 1.807) is 56.9 Å². The van der Waals surface area contributed by atoms with Gasteiger partial charge in [0.2, 0.25) is 11.8 Å². The van der Waals surface area contributed by atoms with Gasteiger partial charge < -0.3 is 20.3 Å². The molecule has 0 saturated carbocycles. The highest BCUT2D eigenvalue weighted by Crippen LogP contribution is 2.24. The van der Waals surface area contributed by atoms with Crippen molar-refractivity contribution in [1.82, 2.24) is 15.5 Å². The summed E-state index contributed by atoms with van der Waals surface area (Å²) < 4.78 is 5.33. The van der Waals surface area contributed by atoms with Crippen molar-refractivity contribution in [2.24, 2.45) is 0 Å². The topological polar surface area (TPSA) is 87.7 Å². The minimum absolute atomic E-state index is 0.243. The number of terminal acetylenes is 1. The molecular formula is C29H45N3O4. The predicted octanol–water partition coefficient (Wildman–Crippen LogP) is 5.34. The van der Waals surface area contributed by atoms with Gasteiger partial charge in [-0.25, -0.2) is 4.79 Å². The summed E-state index contributed by atoms with van der Waals surface area (Å²) in [5, 5.41) is 5.64. The third kappa shape index (κ3) is 11.2. The van der Waals surface area contributed by atoms with E-state index in [1.807, 2.05) is 0 Å². The van der Waals surface area contributed by atoms with Gasteiger partial charge in [-0.2, -0.15) is 0 Å². The maximum atomic E-state index is 13.7. The summed E-state index contributed by atoms with van der Waals surface area (Å²) in [7, 11) is 0. The van der Waals surface area contributed by atoms with Crippen molar-refractivity contribution in [3.8, 4) is 12.3 Å². The zero-order valence-corrected chi connectivity index (χ0v) is 23.0. The predicted molar refractivity (Wildman–Crippen MR) is 144 cm³/mol. The van der Waals surface area contributed by atoms with Crippen LogP contribution >= 0.6 is 0 Å². The number of carbonyl (C=O) groups excluding carboxylic acids is 3. The van der Waals surface area contributed by atoms with Crippen LogP contribution in [-0.4, -0.2) is 47.5 Å². The molecule has 1 aromatic carbocycles. The van der Waals surface area contributed by atoms with E-state index in [-0.39, 0.29) is 11.8 Å². The van der Waals surface area contributed by atoms with Gasteiger partial charge >= 0.3 is 6.09 Å². The number of alkyl carbamates (subject to hydrolysis) is 1. The third-order valence-corrected chi connectivity index (χ3v) is 5.67. The standard InChI is InChI=1S/C29H45N3O4/c1-8-11-13-15-21-32(27(34)22(4)31-28(35)36-29(5,6)7)25(26(33)30-20-14-12-9-2)24-18-16-23(10-3)17-19-24/h3,16-19,22,25H,8-9,11-15,20-21H2,1-2,4-7H3,(H,30,33)(H,31,35). The molecule has 0 fully saturated rings. The lowest BCUT2D eigenvalue weighted by Crippen LogP contribution is -2.52. The van der Waals surface area contributed by atoms with Crippen molar-refractivity contribution < 1.29 is 19.1 Å². The number of unbranched alkanes of at least 4 members (excludes halogenated alkanes) is 5. The Morgan fingerprint density at radius 1 is 1.00 bits per heavy atom. The molecule has 2 N–H and O–H groups in total. The summed E-state index contributed by atoms with van der Waals surface area (Å²) >= 11 is 0. The van der Waals surface area contributed by atoms with Crippen LogP contribution in [0.3, 0.4) is 0 Å². The molecule has 0 aliphatic carbocycles. The van der Waals surface area contributed by atoms with Gasteiger partial charge in [-0.15, -0.1) is 6.42 Å². The Labute approximate surface area is 217 Å². The van der Waals surface area contributed by atoms with Crippen LogP contribution in [0.5, 0.6) is 0 Å². The van der Waals surface area contributed by atoms with Crippen LogP contribution in [0.25, 0.3) is 0 Å². The molecule has 3 amide bonds. The van der Waals surface area contributed by atoms with Gasteiger partial charge in [-0.3, -0.25) is 9.59 Å². The van der Waals surface area contributed by atoms with Crippen molar-refractivity contribution in [3.05, 3.63) is 35.4 Å². The number of benzene rings is 1. The second-order valence-corrected chi connectivity index (χ2v) is 10.1. The Morgan fingerprint density at radius 2 is 1.61 bits per heavy atom. The van der Waals surface area contributed by atoms with Gasteiger partial charge in [0.05, 0.1) is 0 Å². The number of rotatable bonds is 14. The summed E-state index contributed by atoms with van der Waals surface area (Å²) in [4.78, 5) is 41.1. The molecule has 0 bridgehead atoms. The van der Waals surface area contributed by atoms with E-state index in [0.29, 0.717) is 24.2 Å². The maximum absolute atomic E-state index is 13.7. The Balaban J connectivity index is 3.27. The quantitative estimate of drug-likeness (QED) is 0.267. The van der Waals surface area contributed by atoms with E-state index >= 15 is 0 Å². The van der Waals surface area contributed by atoms with E-state index in [2.05, 4.69) is 30.4 Å². The van der Waals surface area contributed by atoms with Gasteiger partial charge in [-0.1, -0.05) is 64.0 Å². The summed E-state index contributed by atoms with van der Waals surface area (Å²) in [5.41, 5.74) is 0.684. The number of hydrogen-bond acceptors (Lipinski definition) is 4. The molecule has 7 nitrogen and oxygen atoms in total. The molecule has 200 valence electrons. The van der Waals surface area contributed by atoms with E-state index in [4.69, 9.17) is 11.2 Å². The van der Waals surface area contributed by atoms with Crippen LogP contribution in [0.4, 0.5) is 4.79 Å². The Hall–Kier alpha value is -3.01. The highest BCUT2D eigenvalue weighted by Gasteiger charge is 2.34. The first kappa shape index (κ1) is 31.0. The number of nitrogens with one attached hydrogen (secondary N) is 2. The van der Waals surface area contributed by atoms with Gasteiger partial charge in [0.1, 0.15) is 17.7 Å². The highest BCUT2D eigenvalue weighted by atomic mass is 16.6. The first-order valence-electron chi connectivity index (χ1n) is 13.2. The molecular weight excluding hydrogens is 454 g/mol. The SMILES string of the molecule is C#Cc1ccc(C(C(=O)NCCCCC)N(CCCCCC)C(=O)C(C)NC(=O)OC(C)(C)C)cc1. The minimum atomic E-state index is -0.869. The smallest absolute Gasteiger partial charge is 0.408 e. The highest BCUT2D eigenvalue weighted by molar-refractivity contribution is 5.92. The van der Waals surface area contributed by atoms with Crippen molar-refractivity contribution in [1.29, 1.82) is 0 Å². The van der Waals surface area contributed by atoms with E-state index < -0.39 is 23.8 Å². The zero-order valence-electron chi connectivity index (χ0n) is 23.0. The molecule has 2 atom stereocenters. The molecule has 36 heavy (non-hydrogen) atoms. The van der Waals surface area contributed by atoms with Gasteiger partial charge in [0, 0.05) is 18.7 Å². The fourth-order valence-electron chi connectivity index (χ4n) is 3.79. The minimum Gasteiger partial charge on any atom is -0.444 e. The van der Waals surface area contributed by atoms with Crippen LogP contribution in [0.1, 0.15) is 104 Å². The number of ether oxygens (including phenoxy) is 1. The Kier molecular flexibility index (Phi) is 13.7. The summed E-state index contributed by atoms with van der Waals surface area (Å²) in [6.45, 7) is 12.1. The third-order valence-electron chi connectivity index (χ3n) is 5.67. The Bertz CT molecular complexity index is 868. The molecule has 0 aliphatic rings. The first-order valence-corrected chi connectivity index (χ1v) is 13.2. The van der Waals surface area contributed by atoms with Gasteiger partial charge in [0.15, 0.2) is 0 Å². The average Bonchev–Trinajstić information content (AvgIpc) is 2.82. The van der Waals surface area contributed by atoms with Crippen molar-refractivity contribution >= 4 is 17.9 Å². The lowest BCUT2D eigenvalue weighted by atomic mass is 10.0. The second-order valence-electron chi connectivity index (χ2n) is 10.1. The first-order chi connectivity index (χ1) is 17.0. The molecule has 0 spiro atoms. The van der Waals surface area contributed by atoms with Gasteiger partial charge in [0.25, 0.3) is 0 Å². The normalized spacial score (nSPS) is 12.7. The number of amides is 3. The molecule has 7 heteroatoms. The van der Waals surface area contributed by atoms with Crippen LogP contribution < -0.4 is 10.6 Å². The number of hydrogen-bond donors (Lipinski definition) is 2. The molecule has 2 unspecified atom stereocenters. The van der Waals surface area contributed by atoms with Crippen molar-refractivity contribution in [2.45, 2.75) is 104 Å². The Morgan fingerprint density at radius 3 is 2.17 bits per heavy atom. The molecule has 0 aromatic heterocycles. The molecule has 0 heterocycles. The fraction of sp³-hybridized carbons (Fsp3) is 0.621. The van der Waals surface area contributed by atoms with Crippen LogP contribution in [-0.2, 0) is 14.3 Å². The lowest BCUT2D eigenvalue weighted by Gasteiger charge is -2.34. The summed E-state index contributed by atoms with van der Waals surface area (Å²) in [5.74, 6) is 2.00. The van der Waals surface area contributed by atoms with Crippen molar-refractivity contribution in [2.75, 3.05) is 13.1 Å². The summed E-state index contributed by atoms with van der Waals surface area (Å²) in [6.07, 6.45) is 11.6. The fourth-order valence-corrected chi connectivity index (χ4v) is 3.79. The van der Waals surface area contributed by atoms with Crippen molar-refractivity contribution in [3.63, 3.8) is 0 Å². The molecule has 1 rings (SSSR count). The molecule has 0 aliphatic heterocycles. The van der Waals surface area contributed by atoms with Crippen LogP contribution in [0.2, 0.25) is 0 Å². The average molecular weight is 500 g/mol. The zero-order chi connectivity index (χ0) is 27.1. The molecule has 0 saturated heterocycles. The van der Waals surface area contributed by atoms with E-state index in [0.717, 1.165) is 44.9 Å². The van der Waals surface area contributed by atoms with E-state index in [1.165, 1.54) is 0 Å². The number of nitrogens with zero attached hydrogens (tertiary/aromatic N) is 1. The van der Waals surface area contributed by atoms with Crippen LogP contribution in [0, 0.1) is 12.3 Å². The summed E-state index contributed by atoms with van der Waals surface area (Å²) in [6, 6.07) is 5.43. The monoisotopic (exact) mass is 499 g/mol. The maximum Gasteiger partial charge on any atom is 0.408 e. The molecule has 0 radical (unpaired) electrons. The second kappa shape index (κ2) is 15.9. The molecule has 1 aromatic rings. The largest absolute Gasteiger partial charge is 0.444 e. The van der Waals surface area contributed by atoms with Gasteiger partial charge in [-0.05, 0) is 58.2 Å². The van der Waals surface area contributed by atoms with Crippen LogP contribution in [0.15, 0.2) is 24.3 Å². The van der Waals surface area contributed by atoms with E-state index in [9.17, 15) is 14.4 Å². The lowest BCUT2D eigenvalue weighted by molar-refractivity contribution is -0.142. The number of carbonyl (C=O) groups is 3.